The topological polar surface area (TPSA) is 72.0 Å². The van der Waals surface area contributed by atoms with Crippen LogP contribution >= 0.6 is 23.8 Å². The molecule has 0 fully saturated rings. The molecule has 2 rings (SSSR count). The van der Waals surface area contributed by atoms with Gasteiger partial charge in [0.15, 0.2) is 10.9 Å². The number of anilines is 1. The van der Waals surface area contributed by atoms with Crippen LogP contribution in [0.3, 0.4) is 0 Å². The lowest BCUT2D eigenvalue weighted by Crippen LogP contribution is -2.30. The number of rotatable bonds is 6. The van der Waals surface area contributed by atoms with E-state index in [2.05, 4.69) is 25.8 Å². The van der Waals surface area contributed by atoms with E-state index in [1.807, 2.05) is 19.1 Å². The molecule has 0 saturated heterocycles. The summed E-state index contributed by atoms with van der Waals surface area (Å²) in [5.41, 5.74) is 0.886. The van der Waals surface area contributed by atoms with Gasteiger partial charge in [0.2, 0.25) is 0 Å². The molecule has 2 N–H and O–H groups in total. The van der Waals surface area contributed by atoms with Crippen LogP contribution < -0.4 is 15.4 Å². The fourth-order valence-electron chi connectivity index (χ4n) is 1.75. The van der Waals surface area contributed by atoms with Crippen molar-refractivity contribution in [2.24, 2.45) is 0 Å². The number of halogens is 1. The molecule has 8 heteroatoms. The van der Waals surface area contributed by atoms with E-state index in [1.165, 1.54) is 6.20 Å². The highest BCUT2D eigenvalue weighted by Crippen LogP contribution is 2.16. The Labute approximate surface area is 139 Å². The molecule has 0 aliphatic rings. The van der Waals surface area contributed by atoms with Crippen molar-refractivity contribution in [3.05, 3.63) is 41.3 Å². The van der Waals surface area contributed by atoms with Crippen LogP contribution in [-0.4, -0.2) is 33.4 Å². The van der Waals surface area contributed by atoms with Crippen LogP contribution in [0, 0.1) is 0 Å². The van der Waals surface area contributed by atoms with Crippen LogP contribution in [0.1, 0.15) is 12.6 Å². The summed E-state index contributed by atoms with van der Waals surface area (Å²) >= 11 is 11.2. The third kappa shape index (κ3) is 4.78. The number of aromatic nitrogens is 3. The van der Waals surface area contributed by atoms with Gasteiger partial charge in [0.25, 0.3) is 0 Å². The highest BCUT2D eigenvalue weighted by Gasteiger charge is 2.06. The Morgan fingerprint density at radius 3 is 3.00 bits per heavy atom. The van der Waals surface area contributed by atoms with Crippen molar-refractivity contribution < 1.29 is 4.74 Å². The normalized spacial score (nSPS) is 10.1. The predicted octanol–water partition coefficient (Wildman–Crippen LogP) is 2.45. The SMILES string of the molecule is CCOc1cccnc1CCNC(=S)Nc1nnccc1Cl. The number of nitrogens with one attached hydrogen (secondary N) is 2. The molecule has 0 radical (unpaired) electrons. The molecule has 2 heterocycles. The highest BCUT2D eigenvalue weighted by atomic mass is 35.5. The van der Waals surface area contributed by atoms with Crippen molar-refractivity contribution in [1.82, 2.24) is 20.5 Å². The smallest absolute Gasteiger partial charge is 0.173 e. The maximum absolute atomic E-state index is 5.97. The quantitative estimate of drug-likeness (QED) is 0.784. The molecular formula is C14H16ClN5OS. The average Bonchev–Trinajstić information content (AvgIpc) is 2.51. The van der Waals surface area contributed by atoms with E-state index >= 15 is 0 Å². The van der Waals surface area contributed by atoms with E-state index in [0.717, 1.165) is 11.4 Å². The van der Waals surface area contributed by atoms with Crippen molar-refractivity contribution in [2.75, 3.05) is 18.5 Å². The van der Waals surface area contributed by atoms with Crippen LogP contribution in [0.15, 0.2) is 30.6 Å². The van der Waals surface area contributed by atoms with Gasteiger partial charge >= 0.3 is 0 Å². The number of nitrogens with zero attached hydrogens (tertiary/aromatic N) is 3. The Morgan fingerprint density at radius 1 is 1.36 bits per heavy atom. The summed E-state index contributed by atoms with van der Waals surface area (Å²) in [4.78, 5) is 4.32. The molecular weight excluding hydrogens is 322 g/mol. The van der Waals surface area contributed by atoms with Gasteiger partial charge in [0.1, 0.15) is 5.75 Å². The van der Waals surface area contributed by atoms with Gasteiger partial charge in [-0.3, -0.25) is 4.98 Å². The zero-order valence-corrected chi connectivity index (χ0v) is 13.6. The average molecular weight is 338 g/mol. The van der Waals surface area contributed by atoms with Gasteiger partial charge in [-0.2, -0.15) is 5.10 Å². The Balaban J connectivity index is 1.84. The van der Waals surface area contributed by atoms with Crippen molar-refractivity contribution >= 4 is 34.7 Å². The van der Waals surface area contributed by atoms with Crippen LogP contribution in [0.2, 0.25) is 5.02 Å². The lowest BCUT2D eigenvalue weighted by Gasteiger charge is -2.11. The Bertz CT molecular complexity index is 640. The summed E-state index contributed by atoms with van der Waals surface area (Å²) in [5.74, 6) is 1.22. The molecule has 0 atom stereocenters. The molecule has 0 unspecified atom stereocenters. The second-order valence-corrected chi connectivity index (χ2v) is 5.06. The van der Waals surface area contributed by atoms with Gasteiger partial charge in [-0.1, -0.05) is 11.6 Å². The second-order valence-electron chi connectivity index (χ2n) is 4.24. The van der Waals surface area contributed by atoms with Crippen molar-refractivity contribution in [1.29, 1.82) is 0 Å². The van der Waals surface area contributed by atoms with Crippen LogP contribution in [0.25, 0.3) is 0 Å². The molecule has 0 bridgehead atoms. The molecule has 2 aromatic heterocycles. The van der Waals surface area contributed by atoms with Crippen molar-refractivity contribution in [3.63, 3.8) is 0 Å². The van der Waals surface area contributed by atoms with Crippen LogP contribution in [-0.2, 0) is 6.42 Å². The molecule has 0 amide bonds. The number of ether oxygens (including phenoxy) is 1. The lowest BCUT2D eigenvalue weighted by molar-refractivity contribution is 0.334. The third-order valence-electron chi connectivity index (χ3n) is 2.70. The maximum atomic E-state index is 5.97. The first-order valence-corrected chi connectivity index (χ1v) is 7.58. The fourth-order valence-corrected chi connectivity index (χ4v) is 2.09. The molecule has 0 aliphatic carbocycles. The summed E-state index contributed by atoms with van der Waals surface area (Å²) in [5, 5.41) is 14.5. The van der Waals surface area contributed by atoms with E-state index in [4.69, 9.17) is 28.6 Å². The zero-order valence-electron chi connectivity index (χ0n) is 12.0. The van der Waals surface area contributed by atoms with Crippen LogP contribution in [0.4, 0.5) is 5.82 Å². The summed E-state index contributed by atoms with van der Waals surface area (Å²) in [6, 6.07) is 5.40. The maximum Gasteiger partial charge on any atom is 0.173 e. The van der Waals surface area contributed by atoms with E-state index in [1.54, 1.807) is 12.3 Å². The van der Waals surface area contributed by atoms with Gasteiger partial charge in [-0.25, -0.2) is 0 Å². The minimum atomic E-state index is 0.425. The molecule has 0 saturated carbocycles. The minimum Gasteiger partial charge on any atom is -0.492 e. The fraction of sp³-hybridized carbons (Fsp3) is 0.286. The molecule has 116 valence electrons. The van der Waals surface area contributed by atoms with Gasteiger partial charge in [0.05, 0.1) is 23.5 Å². The van der Waals surface area contributed by atoms with Crippen LogP contribution in [0.5, 0.6) is 5.75 Å². The molecule has 0 aliphatic heterocycles. The molecule has 22 heavy (non-hydrogen) atoms. The number of thiocarbonyl (C=S) groups is 1. The van der Waals surface area contributed by atoms with E-state index in [0.29, 0.717) is 35.5 Å². The van der Waals surface area contributed by atoms with Gasteiger partial charge in [-0.05, 0) is 37.3 Å². The number of hydrogen-bond acceptors (Lipinski definition) is 5. The summed E-state index contributed by atoms with van der Waals surface area (Å²) in [7, 11) is 0. The molecule has 2 aromatic rings. The molecule has 0 spiro atoms. The Morgan fingerprint density at radius 2 is 2.23 bits per heavy atom. The number of pyridine rings is 1. The van der Waals surface area contributed by atoms with Gasteiger partial charge < -0.3 is 15.4 Å². The summed E-state index contributed by atoms with van der Waals surface area (Å²) in [6.07, 6.45) is 3.94. The monoisotopic (exact) mass is 337 g/mol. The van der Waals surface area contributed by atoms with Crippen molar-refractivity contribution in [2.45, 2.75) is 13.3 Å². The number of hydrogen-bond donors (Lipinski definition) is 2. The largest absolute Gasteiger partial charge is 0.492 e. The molecule has 6 nitrogen and oxygen atoms in total. The first-order chi connectivity index (χ1) is 10.7. The van der Waals surface area contributed by atoms with Gasteiger partial charge in [0, 0.05) is 19.2 Å². The third-order valence-corrected chi connectivity index (χ3v) is 3.25. The Kier molecular flexibility index (Phi) is 6.29. The first-order valence-electron chi connectivity index (χ1n) is 6.79. The van der Waals surface area contributed by atoms with Crippen molar-refractivity contribution in [3.8, 4) is 5.75 Å². The predicted molar refractivity (Wildman–Crippen MR) is 90.4 cm³/mol. The molecule has 0 aromatic carbocycles. The summed E-state index contributed by atoms with van der Waals surface area (Å²) < 4.78 is 5.53. The van der Waals surface area contributed by atoms with E-state index < -0.39 is 0 Å². The minimum absolute atomic E-state index is 0.425. The lowest BCUT2D eigenvalue weighted by atomic mass is 10.2. The van der Waals surface area contributed by atoms with E-state index in [-0.39, 0.29) is 0 Å². The first kappa shape index (κ1) is 16.4. The van der Waals surface area contributed by atoms with Gasteiger partial charge in [-0.15, -0.1) is 5.10 Å². The summed E-state index contributed by atoms with van der Waals surface area (Å²) in [6.45, 7) is 3.16. The van der Waals surface area contributed by atoms with E-state index in [9.17, 15) is 0 Å². The second kappa shape index (κ2) is 8.45. The Hall–Kier alpha value is -1.99. The highest BCUT2D eigenvalue weighted by molar-refractivity contribution is 7.80. The zero-order chi connectivity index (χ0) is 15.8. The standard InChI is InChI=1S/C14H16ClN5OS/c1-2-21-12-4-3-7-16-11(12)6-8-17-14(22)19-13-10(15)5-9-18-20-13/h3-5,7,9H,2,6,8H2,1H3,(H2,17,19,20,22).